The molecule has 0 spiro atoms. The molecule has 0 aromatic rings. The molecule has 2 amide bonds. The van der Waals surface area contributed by atoms with Crippen LogP contribution in [0.5, 0.6) is 0 Å². The maximum absolute atomic E-state index is 9.90. The molecule has 0 heterocycles. The van der Waals surface area contributed by atoms with E-state index in [9.17, 15) is 4.79 Å². The monoisotopic (exact) mass is 172 g/mol. The summed E-state index contributed by atoms with van der Waals surface area (Å²) < 4.78 is 0. The van der Waals surface area contributed by atoms with Crippen LogP contribution in [-0.2, 0) is 0 Å². The summed E-state index contributed by atoms with van der Waals surface area (Å²) in [4.78, 5) is 9.90. The van der Waals surface area contributed by atoms with Gasteiger partial charge in [-0.3, -0.25) is 4.79 Å². The SMILES string of the molecule is C[N-]C(=O)NC.[Rb+]. The van der Waals surface area contributed by atoms with Crippen LogP contribution < -0.4 is 63.5 Å². The Balaban J connectivity index is 0. The van der Waals surface area contributed by atoms with Crippen LogP contribution in [0.4, 0.5) is 4.79 Å². The van der Waals surface area contributed by atoms with Crippen LogP contribution >= 0.6 is 0 Å². The Kier molecular flexibility index (Phi) is 11.1. The number of urea groups is 1. The average Bonchev–Trinajstić information content (AvgIpc) is 1.65. The van der Waals surface area contributed by atoms with Gasteiger partial charge in [0.1, 0.15) is 0 Å². The molecule has 0 aliphatic rings. The normalized spacial score (nSPS) is 6.00. The number of hydrogen-bond donors (Lipinski definition) is 1. The van der Waals surface area contributed by atoms with Gasteiger partial charge in [-0.1, -0.05) is 14.1 Å². The van der Waals surface area contributed by atoms with E-state index in [0.29, 0.717) is 0 Å². The van der Waals surface area contributed by atoms with Gasteiger partial charge in [0.05, 0.1) is 0 Å². The molecule has 0 aromatic heterocycles. The molecule has 0 atom stereocenters. The Morgan fingerprint density at radius 2 is 2.14 bits per heavy atom. The van der Waals surface area contributed by atoms with Gasteiger partial charge in [-0.2, -0.15) is 0 Å². The summed E-state index contributed by atoms with van der Waals surface area (Å²) in [6.07, 6.45) is 0. The van der Waals surface area contributed by atoms with E-state index in [0.717, 1.165) is 0 Å². The molecule has 0 rings (SSSR count). The third-order valence-electron chi connectivity index (χ3n) is 0.417. The number of carbonyl (C=O) groups excluding carboxylic acids is 1. The van der Waals surface area contributed by atoms with Gasteiger partial charge in [0.25, 0.3) is 0 Å². The molecule has 0 aliphatic carbocycles. The van der Waals surface area contributed by atoms with Crippen LogP contribution in [0.15, 0.2) is 0 Å². The molecule has 1 N–H and O–H groups in total. The molecule has 0 bridgehead atoms. The number of hydrogen-bond acceptors (Lipinski definition) is 1. The second-order valence-electron chi connectivity index (χ2n) is 0.779. The van der Waals surface area contributed by atoms with E-state index >= 15 is 0 Å². The molecule has 3 nitrogen and oxygen atoms in total. The smallest absolute Gasteiger partial charge is 0.453 e. The first-order valence-electron chi connectivity index (χ1n) is 1.62. The number of rotatable bonds is 0. The van der Waals surface area contributed by atoms with Crippen molar-refractivity contribution < 1.29 is 63.0 Å². The zero-order chi connectivity index (χ0) is 4.99. The predicted octanol–water partition coefficient (Wildman–Crippen LogP) is -2.67. The molecule has 0 radical (unpaired) electrons. The Bertz CT molecular complexity index is 50.9. The van der Waals surface area contributed by atoms with Crippen molar-refractivity contribution in [3.05, 3.63) is 5.32 Å². The average molecular weight is 173 g/mol. The molecule has 0 saturated carbocycles. The maximum Gasteiger partial charge on any atom is 1.00 e. The summed E-state index contributed by atoms with van der Waals surface area (Å²) in [6, 6.07) is -0.282. The molecule has 0 aromatic carbocycles. The van der Waals surface area contributed by atoms with Crippen LogP contribution in [-0.4, -0.2) is 20.1 Å². The third-order valence-corrected chi connectivity index (χ3v) is 0.417. The van der Waals surface area contributed by atoms with E-state index < -0.39 is 0 Å². The zero-order valence-electron chi connectivity index (χ0n) is 4.86. The second-order valence-corrected chi connectivity index (χ2v) is 0.779. The minimum absolute atomic E-state index is 0. The van der Waals surface area contributed by atoms with Crippen LogP contribution in [0.2, 0.25) is 0 Å². The first-order chi connectivity index (χ1) is 2.81. The number of nitrogens with zero attached hydrogens (tertiary/aromatic N) is 1. The fraction of sp³-hybridized carbons (Fsp3) is 0.667. The van der Waals surface area contributed by atoms with E-state index in [1.54, 1.807) is 0 Å². The Morgan fingerprint density at radius 1 is 1.71 bits per heavy atom. The Hall–Kier alpha value is 1.08. The maximum atomic E-state index is 9.90. The molecule has 0 saturated heterocycles. The van der Waals surface area contributed by atoms with Crippen molar-refractivity contribution in [3.63, 3.8) is 0 Å². The van der Waals surface area contributed by atoms with Crippen molar-refractivity contribution in [2.45, 2.75) is 0 Å². The molecule has 7 heavy (non-hydrogen) atoms. The van der Waals surface area contributed by atoms with Crippen LogP contribution in [0.25, 0.3) is 5.32 Å². The van der Waals surface area contributed by atoms with Gasteiger partial charge in [-0.15, -0.1) is 0 Å². The summed E-state index contributed by atoms with van der Waals surface area (Å²) in [6.45, 7) is 0. The molecule has 0 aliphatic heterocycles. The summed E-state index contributed by atoms with van der Waals surface area (Å²) >= 11 is 0. The van der Waals surface area contributed by atoms with Gasteiger partial charge in [0, 0.05) is 0 Å². The van der Waals surface area contributed by atoms with E-state index in [4.69, 9.17) is 0 Å². The number of amides is 2. The van der Waals surface area contributed by atoms with Crippen molar-refractivity contribution in [1.82, 2.24) is 5.32 Å². The van der Waals surface area contributed by atoms with Gasteiger partial charge in [0.15, 0.2) is 6.03 Å². The van der Waals surface area contributed by atoms with Gasteiger partial charge >= 0.3 is 58.2 Å². The molecule has 36 valence electrons. The molecular formula is C3H7N2ORb. The van der Waals surface area contributed by atoms with Crippen LogP contribution in [0.1, 0.15) is 0 Å². The Labute approximate surface area is 92.0 Å². The first-order valence-corrected chi connectivity index (χ1v) is 1.62. The number of carbonyl (C=O) groups is 1. The first kappa shape index (κ1) is 11.0. The fourth-order valence-corrected chi connectivity index (χ4v) is 0.112. The standard InChI is InChI=1S/C3H8N2O.Rb/c1-4-3(6)5-2;/h1-2H3,(H2,4,5,6);/q;+1/p-1. The van der Waals surface area contributed by atoms with Crippen molar-refractivity contribution in [2.75, 3.05) is 14.1 Å². The minimum atomic E-state index is -0.282. The summed E-state index contributed by atoms with van der Waals surface area (Å²) in [5, 5.41) is 5.57. The summed E-state index contributed by atoms with van der Waals surface area (Å²) in [7, 11) is 2.98. The fourth-order valence-electron chi connectivity index (χ4n) is 0.112. The summed E-state index contributed by atoms with van der Waals surface area (Å²) in [5.74, 6) is 0. The van der Waals surface area contributed by atoms with Crippen molar-refractivity contribution in [1.29, 1.82) is 0 Å². The van der Waals surface area contributed by atoms with Crippen molar-refractivity contribution in [3.8, 4) is 0 Å². The van der Waals surface area contributed by atoms with Crippen LogP contribution in [0, 0.1) is 0 Å². The van der Waals surface area contributed by atoms with Gasteiger partial charge in [-0.05, 0) is 0 Å². The van der Waals surface area contributed by atoms with Crippen LogP contribution in [0.3, 0.4) is 0 Å². The quantitative estimate of drug-likeness (QED) is 0.426. The molecular weight excluding hydrogens is 166 g/mol. The summed E-state index contributed by atoms with van der Waals surface area (Å²) in [5.41, 5.74) is 0. The zero-order valence-corrected chi connectivity index (χ0v) is 9.77. The number of nitrogens with one attached hydrogen (secondary N) is 1. The second kappa shape index (κ2) is 7.08. The molecule has 0 unspecified atom stereocenters. The molecule has 0 fully saturated rings. The van der Waals surface area contributed by atoms with Gasteiger partial charge in [0.2, 0.25) is 0 Å². The predicted molar refractivity (Wildman–Crippen MR) is 23.7 cm³/mol. The van der Waals surface area contributed by atoms with Crippen molar-refractivity contribution >= 4 is 6.03 Å². The van der Waals surface area contributed by atoms with Gasteiger partial charge < -0.3 is 10.6 Å². The van der Waals surface area contributed by atoms with Crippen molar-refractivity contribution in [2.24, 2.45) is 0 Å². The van der Waals surface area contributed by atoms with Gasteiger partial charge in [-0.25, -0.2) is 0 Å². The largest absolute Gasteiger partial charge is 1.00 e. The molecule has 4 heteroatoms. The third kappa shape index (κ3) is 7.08. The Morgan fingerprint density at radius 3 is 2.14 bits per heavy atom. The topological polar surface area (TPSA) is 43.2 Å². The van der Waals surface area contributed by atoms with E-state index in [1.165, 1.54) is 14.1 Å². The van der Waals surface area contributed by atoms with E-state index in [1.807, 2.05) is 0 Å². The van der Waals surface area contributed by atoms with E-state index in [-0.39, 0.29) is 64.2 Å². The minimum Gasteiger partial charge on any atom is -0.453 e. The van der Waals surface area contributed by atoms with E-state index in [2.05, 4.69) is 10.6 Å².